The zero-order valence-corrected chi connectivity index (χ0v) is 15.3. The van der Waals surface area contributed by atoms with Gasteiger partial charge < -0.3 is 14.7 Å². The Labute approximate surface area is 155 Å². The maximum Gasteiger partial charge on any atom is 0.264 e. The highest BCUT2D eigenvalue weighted by Gasteiger charge is 2.21. The lowest BCUT2D eigenvalue weighted by molar-refractivity contribution is 0.0777. The largest absolute Gasteiger partial charge is 0.359 e. The summed E-state index contributed by atoms with van der Waals surface area (Å²) in [7, 11) is 1.78. The molecule has 1 aliphatic heterocycles. The van der Waals surface area contributed by atoms with Gasteiger partial charge in [0, 0.05) is 42.0 Å². The van der Waals surface area contributed by atoms with Gasteiger partial charge in [-0.2, -0.15) is 0 Å². The summed E-state index contributed by atoms with van der Waals surface area (Å²) in [6.07, 6.45) is 5.76. The summed E-state index contributed by atoms with van der Waals surface area (Å²) >= 11 is 1.57. The lowest BCUT2D eigenvalue weighted by Gasteiger charge is -2.14. The molecular weight excluding hydrogens is 348 g/mol. The van der Waals surface area contributed by atoms with Gasteiger partial charge in [-0.25, -0.2) is 0 Å². The number of aromatic nitrogens is 2. The van der Waals surface area contributed by atoms with Crippen LogP contribution in [0.15, 0.2) is 47.2 Å². The summed E-state index contributed by atoms with van der Waals surface area (Å²) in [5.74, 6) is 0.656. The Morgan fingerprint density at radius 1 is 1.35 bits per heavy atom. The molecule has 4 heterocycles. The Hall–Kier alpha value is -2.51. The number of carbonyl (C=O) groups excluding carboxylic acids is 1. The van der Waals surface area contributed by atoms with Crippen LogP contribution in [-0.4, -0.2) is 34.5 Å². The van der Waals surface area contributed by atoms with E-state index in [2.05, 4.69) is 21.5 Å². The third-order valence-electron chi connectivity index (χ3n) is 4.52. The van der Waals surface area contributed by atoms with E-state index in [-0.39, 0.29) is 5.91 Å². The van der Waals surface area contributed by atoms with Gasteiger partial charge in [0.2, 0.25) is 0 Å². The van der Waals surface area contributed by atoms with Crippen molar-refractivity contribution in [1.82, 2.24) is 20.4 Å². The first-order valence-corrected chi connectivity index (χ1v) is 9.47. The molecule has 3 aromatic rings. The van der Waals surface area contributed by atoms with Crippen LogP contribution < -0.4 is 5.32 Å². The van der Waals surface area contributed by atoms with Crippen molar-refractivity contribution in [3.8, 4) is 11.3 Å². The van der Waals surface area contributed by atoms with Gasteiger partial charge in [0.15, 0.2) is 5.76 Å². The average Bonchev–Trinajstić information content (AvgIpc) is 3.42. The fourth-order valence-corrected chi connectivity index (χ4v) is 4.24. The highest BCUT2D eigenvalue weighted by molar-refractivity contribution is 7.14. The second-order valence-corrected chi connectivity index (χ2v) is 7.54. The predicted octanol–water partition coefficient (Wildman–Crippen LogP) is 3.49. The number of nitrogens with zero attached hydrogens (tertiary/aromatic N) is 3. The molecule has 7 heteroatoms. The first-order valence-electron chi connectivity index (χ1n) is 8.65. The smallest absolute Gasteiger partial charge is 0.264 e. The van der Waals surface area contributed by atoms with Crippen LogP contribution in [0.4, 0.5) is 0 Å². The molecule has 0 aliphatic carbocycles. The summed E-state index contributed by atoms with van der Waals surface area (Å²) < 4.78 is 5.39. The molecule has 134 valence electrons. The molecule has 1 unspecified atom stereocenters. The summed E-state index contributed by atoms with van der Waals surface area (Å²) in [6, 6.07) is 9.99. The van der Waals surface area contributed by atoms with Crippen LogP contribution in [0, 0.1) is 0 Å². The quantitative estimate of drug-likeness (QED) is 0.746. The van der Waals surface area contributed by atoms with Gasteiger partial charge in [0.1, 0.15) is 5.69 Å². The molecule has 4 rings (SSSR count). The van der Waals surface area contributed by atoms with Crippen molar-refractivity contribution in [2.24, 2.45) is 0 Å². The standard InChI is InChI=1S/C19H20N4O2S/c1-23(12-14-11-16(22-25-14)13-6-9-20-10-7-13)19(24)18-5-4-17(26-18)15-3-2-8-21-15/h4-7,9-11,15,21H,2-3,8,12H2,1H3. The van der Waals surface area contributed by atoms with E-state index in [0.29, 0.717) is 18.3 Å². The predicted molar refractivity (Wildman–Crippen MR) is 99.8 cm³/mol. The first-order chi connectivity index (χ1) is 12.7. The van der Waals surface area contributed by atoms with Gasteiger partial charge >= 0.3 is 0 Å². The monoisotopic (exact) mass is 368 g/mol. The van der Waals surface area contributed by atoms with Crippen molar-refractivity contribution in [2.75, 3.05) is 13.6 Å². The molecule has 0 aromatic carbocycles. The van der Waals surface area contributed by atoms with Gasteiger partial charge in [-0.3, -0.25) is 9.78 Å². The van der Waals surface area contributed by atoms with Gasteiger partial charge in [-0.1, -0.05) is 5.16 Å². The van der Waals surface area contributed by atoms with Crippen LogP contribution in [0.3, 0.4) is 0 Å². The molecule has 1 atom stereocenters. The lowest BCUT2D eigenvalue weighted by atomic mass is 10.2. The first kappa shape index (κ1) is 16.9. The van der Waals surface area contributed by atoms with E-state index >= 15 is 0 Å². The van der Waals surface area contributed by atoms with Gasteiger partial charge in [0.25, 0.3) is 5.91 Å². The van der Waals surface area contributed by atoms with E-state index in [4.69, 9.17) is 4.52 Å². The van der Waals surface area contributed by atoms with E-state index in [1.54, 1.807) is 35.7 Å². The van der Waals surface area contributed by atoms with Crippen molar-refractivity contribution in [1.29, 1.82) is 0 Å². The van der Waals surface area contributed by atoms with E-state index in [0.717, 1.165) is 29.1 Å². The minimum absolute atomic E-state index is 0.00103. The Morgan fingerprint density at radius 2 is 2.19 bits per heavy atom. The molecule has 1 amide bonds. The van der Waals surface area contributed by atoms with E-state index in [1.165, 1.54) is 11.3 Å². The number of nitrogens with one attached hydrogen (secondary N) is 1. The molecule has 6 nitrogen and oxygen atoms in total. The van der Waals surface area contributed by atoms with Gasteiger partial charge in [0.05, 0.1) is 11.4 Å². The van der Waals surface area contributed by atoms with Crippen molar-refractivity contribution in [3.63, 3.8) is 0 Å². The van der Waals surface area contributed by atoms with Crippen LogP contribution >= 0.6 is 11.3 Å². The SMILES string of the molecule is CN(Cc1cc(-c2ccncc2)no1)C(=O)c1ccc(C2CCCN2)s1. The Bertz CT molecular complexity index is 884. The zero-order valence-electron chi connectivity index (χ0n) is 14.5. The topological polar surface area (TPSA) is 71.3 Å². The molecule has 0 spiro atoms. The Morgan fingerprint density at radius 3 is 2.96 bits per heavy atom. The second kappa shape index (κ2) is 7.39. The normalized spacial score (nSPS) is 16.7. The van der Waals surface area contributed by atoms with Crippen molar-refractivity contribution < 1.29 is 9.32 Å². The van der Waals surface area contributed by atoms with E-state index < -0.39 is 0 Å². The second-order valence-electron chi connectivity index (χ2n) is 6.43. The molecular formula is C19H20N4O2S. The van der Waals surface area contributed by atoms with E-state index in [9.17, 15) is 4.79 Å². The minimum Gasteiger partial charge on any atom is -0.359 e. The number of rotatable bonds is 5. The maximum absolute atomic E-state index is 12.7. The number of thiophene rings is 1. The van der Waals surface area contributed by atoms with Gasteiger partial charge in [-0.05, 0) is 43.7 Å². The third kappa shape index (κ3) is 3.54. The molecule has 26 heavy (non-hydrogen) atoms. The molecule has 1 fully saturated rings. The highest BCUT2D eigenvalue weighted by atomic mass is 32.1. The molecule has 1 N–H and O–H groups in total. The van der Waals surface area contributed by atoms with Crippen LogP contribution in [0.5, 0.6) is 0 Å². The fraction of sp³-hybridized carbons (Fsp3) is 0.316. The lowest BCUT2D eigenvalue weighted by Crippen LogP contribution is -2.25. The Kier molecular flexibility index (Phi) is 4.81. The fourth-order valence-electron chi connectivity index (χ4n) is 3.12. The Balaban J connectivity index is 1.42. The van der Waals surface area contributed by atoms with Crippen LogP contribution in [0.25, 0.3) is 11.3 Å². The van der Waals surface area contributed by atoms with E-state index in [1.807, 2.05) is 24.3 Å². The van der Waals surface area contributed by atoms with Crippen molar-refractivity contribution >= 4 is 17.2 Å². The molecule has 0 bridgehead atoms. The van der Waals surface area contributed by atoms with Crippen molar-refractivity contribution in [3.05, 3.63) is 58.2 Å². The molecule has 0 radical (unpaired) electrons. The number of amides is 1. The third-order valence-corrected chi connectivity index (χ3v) is 5.70. The number of pyridine rings is 1. The van der Waals surface area contributed by atoms with Crippen LogP contribution in [0.1, 0.15) is 39.2 Å². The summed E-state index contributed by atoms with van der Waals surface area (Å²) in [4.78, 5) is 20.3. The highest BCUT2D eigenvalue weighted by Crippen LogP contribution is 2.30. The average molecular weight is 368 g/mol. The number of hydrogen-bond donors (Lipinski definition) is 1. The maximum atomic E-state index is 12.7. The van der Waals surface area contributed by atoms with Crippen molar-refractivity contribution in [2.45, 2.75) is 25.4 Å². The van der Waals surface area contributed by atoms with Crippen LogP contribution in [0.2, 0.25) is 0 Å². The molecule has 1 saturated heterocycles. The molecule has 0 saturated carbocycles. The summed E-state index contributed by atoms with van der Waals surface area (Å²) in [6.45, 7) is 1.43. The summed E-state index contributed by atoms with van der Waals surface area (Å²) in [5, 5.41) is 7.55. The van der Waals surface area contributed by atoms with Gasteiger partial charge in [-0.15, -0.1) is 11.3 Å². The molecule has 3 aromatic heterocycles. The number of carbonyl (C=O) groups is 1. The minimum atomic E-state index is 0.00103. The summed E-state index contributed by atoms with van der Waals surface area (Å²) in [5.41, 5.74) is 1.69. The molecule has 1 aliphatic rings. The van der Waals surface area contributed by atoms with Crippen LogP contribution in [-0.2, 0) is 6.54 Å². The number of hydrogen-bond acceptors (Lipinski definition) is 6. The zero-order chi connectivity index (χ0) is 17.9.